The summed E-state index contributed by atoms with van der Waals surface area (Å²) in [4.78, 5) is 222. The Morgan fingerprint density at radius 1 is 0.491 bits per heavy atom. The number of unbranched alkanes of at least 4 members (excludes halogenated alkanes) is 1. The quantitative estimate of drug-likeness (QED) is 0.0192. The number of ketones is 7. The van der Waals surface area contributed by atoms with Gasteiger partial charge in [-0.3, -0.25) is 82.3 Å². The molecule has 17 N–H and O–H groups in total. The summed E-state index contributed by atoms with van der Waals surface area (Å²) in [5.41, 5.74) is 24.2. The van der Waals surface area contributed by atoms with Crippen LogP contribution in [0.3, 0.4) is 0 Å². The zero-order valence-electron chi connectivity index (χ0n) is 69.1. The predicted molar refractivity (Wildman–Crippen MR) is 444 cm³/mol. The van der Waals surface area contributed by atoms with Gasteiger partial charge in [0.2, 0.25) is 41.4 Å². The molecule has 3 aromatic carbocycles. The van der Waals surface area contributed by atoms with Gasteiger partial charge in [0.15, 0.2) is 34.9 Å². The molecule has 4 rings (SSSR count). The number of hydrogen-bond acceptors (Lipinski definition) is 19. The fourth-order valence-corrected chi connectivity index (χ4v) is 15.2. The van der Waals surface area contributed by atoms with Gasteiger partial charge in [-0.15, -0.1) is 11.8 Å². The van der Waals surface area contributed by atoms with Gasteiger partial charge < -0.3 is 65.0 Å². The molecule has 0 bridgehead atoms. The lowest BCUT2D eigenvalue weighted by Gasteiger charge is -2.30. The second-order valence-electron chi connectivity index (χ2n) is 32.2. The molecule has 0 aliphatic carbocycles. The molecular formula is C86H126N12O17S. The minimum absolute atomic E-state index is 0.00935. The Bertz CT molecular complexity index is 3850. The maximum Gasteiger partial charge on any atom is 0.305 e. The Labute approximate surface area is 686 Å². The van der Waals surface area contributed by atoms with E-state index in [1.165, 1.54) is 24.3 Å². The number of primary amides is 1. The average molecular weight is 1630 g/mol. The number of carbonyl (C=O) groups is 15. The van der Waals surface area contributed by atoms with E-state index >= 15 is 19.2 Å². The van der Waals surface area contributed by atoms with Gasteiger partial charge >= 0.3 is 5.97 Å². The van der Waals surface area contributed by atoms with Crippen molar-refractivity contribution in [3.63, 3.8) is 0 Å². The molecule has 14 atom stereocenters. The first-order chi connectivity index (χ1) is 54.8. The van der Waals surface area contributed by atoms with Gasteiger partial charge in [-0.2, -0.15) is 0 Å². The number of Topliss-reactive ketones (excluding diaryl/α,β-unsaturated/α-hetero) is 7. The van der Waals surface area contributed by atoms with Crippen molar-refractivity contribution >= 4 is 111 Å². The van der Waals surface area contributed by atoms with Crippen LogP contribution in [-0.4, -0.2) is 164 Å². The van der Waals surface area contributed by atoms with Crippen molar-refractivity contribution < 1.29 is 82.1 Å². The van der Waals surface area contributed by atoms with Crippen molar-refractivity contribution in [1.29, 1.82) is 5.41 Å². The zero-order chi connectivity index (χ0) is 86.5. The van der Waals surface area contributed by atoms with Crippen LogP contribution in [0.25, 0.3) is 0 Å². The van der Waals surface area contributed by atoms with Crippen molar-refractivity contribution in [2.45, 2.75) is 240 Å². The SMILES string of the molecule is CC[C@H](C)[C@@H]1CC(=O)[C@H](C(C)C)CC(=O)[C@H]([C@@H](C)CC)NC(=O)[C@H](CC(C)C)CC(=O)[C@H](Cc2ccccc2)NC(=O)CSC[C@@H](C(=O)CCC(N)=O)NC(=O)[C@H](Cc2ccc(O)cc2)CC(=O)[C@H](Cc2ccccc2)NC(=O)[C@H](C(C)C)CC(=O)[C@H](CCCN=C(N)N)NC(=O)[C@H](CC(=O)O)NC(=O)[C@H](CCCCC(=N)N)CC1=O. The number of phenolic OH excluding ortho intramolecular Hbond substituents is 1. The Balaban J connectivity index is 1.97. The Morgan fingerprint density at radius 2 is 0.991 bits per heavy atom. The lowest BCUT2D eigenvalue weighted by molar-refractivity contribution is -0.142. The molecule has 1 aliphatic rings. The molecule has 3 aromatic rings. The number of aromatic hydroxyl groups is 1. The van der Waals surface area contributed by atoms with Gasteiger partial charge in [0.1, 0.15) is 23.4 Å². The molecule has 30 heteroatoms. The molecule has 1 heterocycles. The number of rotatable bonds is 29. The number of aliphatic carboxylic acids is 1. The van der Waals surface area contributed by atoms with Gasteiger partial charge in [-0.05, 0) is 110 Å². The first-order valence-electron chi connectivity index (χ1n) is 40.6. The summed E-state index contributed by atoms with van der Waals surface area (Å²) in [7, 11) is 0. The Morgan fingerprint density at radius 3 is 1.53 bits per heavy atom. The number of thioether (sulfide) groups is 1. The number of nitrogens with one attached hydrogen (secondary N) is 7. The number of phenols is 1. The summed E-state index contributed by atoms with van der Waals surface area (Å²) in [6, 6.07) is 14.6. The second-order valence-corrected chi connectivity index (χ2v) is 33.2. The number of amidine groups is 1. The summed E-state index contributed by atoms with van der Waals surface area (Å²) in [6.45, 7) is 17.7. The molecular weight excluding hydrogens is 1510 g/mol. The Hall–Kier alpha value is -10.00. The van der Waals surface area contributed by atoms with Crippen LogP contribution in [0.5, 0.6) is 5.75 Å². The third-order valence-corrected chi connectivity index (χ3v) is 22.6. The molecule has 116 heavy (non-hydrogen) atoms. The molecule has 1 saturated heterocycles. The van der Waals surface area contributed by atoms with Crippen LogP contribution in [0.15, 0.2) is 89.9 Å². The van der Waals surface area contributed by atoms with E-state index in [1.807, 2.05) is 27.7 Å². The predicted octanol–water partition coefficient (Wildman–Crippen LogP) is 6.84. The minimum atomic E-state index is -1.89. The van der Waals surface area contributed by atoms with Crippen molar-refractivity contribution in [3.8, 4) is 5.75 Å². The number of carbonyl (C=O) groups excluding carboxylic acids is 14. The molecule has 0 unspecified atom stereocenters. The Kier molecular flexibility index (Phi) is 42.8. The molecule has 0 aromatic heterocycles. The van der Waals surface area contributed by atoms with Crippen LogP contribution in [0, 0.1) is 70.5 Å². The number of nitrogens with two attached hydrogens (primary N) is 4. The van der Waals surface area contributed by atoms with Crippen LogP contribution in [-0.2, 0) is 91.2 Å². The van der Waals surface area contributed by atoms with Crippen molar-refractivity contribution in [2.75, 3.05) is 18.1 Å². The summed E-state index contributed by atoms with van der Waals surface area (Å²) in [5, 5.41) is 45.1. The number of carboxylic acid groups (broad SMARTS) is 1. The summed E-state index contributed by atoms with van der Waals surface area (Å²) < 4.78 is 0. The normalized spacial score (nSPS) is 23.9. The van der Waals surface area contributed by atoms with Crippen molar-refractivity contribution in [2.24, 2.45) is 93.0 Å². The van der Waals surface area contributed by atoms with E-state index in [2.05, 4.69) is 36.9 Å². The summed E-state index contributed by atoms with van der Waals surface area (Å²) in [6.07, 6.45) is -3.51. The smallest absolute Gasteiger partial charge is 0.305 e. The van der Waals surface area contributed by atoms with Gasteiger partial charge in [0, 0.05) is 106 Å². The first kappa shape index (κ1) is 98.4. The van der Waals surface area contributed by atoms with E-state index in [0.29, 0.717) is 36.0 Å². The largest absolute Gasteiger partial charge is 0.508 e. The van der Waals surface area contributed by atoms with E-state index in [0.717, 1.165) is 11.8 Å². The van der Waals surface area contributed by atoms with Crippen LogP contribution < -0.4 is 54.8 Å². The topological polar surface area (TPSA) is 509 Å². The van der Waals surface area contributed by atoms with Gasteiger partial charge in [-0.1, -0.05) is 161 Å². The number of amides is 7. The molecule has 7 amide bonds. The highest BCUT2D eigenvalue weighted by Crippen LogP contribution is 2.32. The third-order valence-electron chi connectivity index (χ3n) is 21.6. The fourth-order valence-electron chi connectivity index (χ4n) is 14.3. The zero-order valence-corrected chi connectivity index (χ0v) is 69.9. The number of hydrogen-bond donors (Lipinski definition) is 13. The number of carboxylic acids is 1. The molecule has 638 valence electrons. The highest BCUT2D eigenvalue weighted by molar-refractivity contribution is 8.00. The highest BCUT2D eigenvalue weighted by Gasteiger charge is 2.41. The maximum absolute atomic E-state index is 15.2. The standard InChI is InChI=1S/C86H126N12O17S/c1-11-52(9)63-45-71(102)61(50(5)6)43-75(106)80(53(10)12-2)98-83(113)58(36-49(3)4)41-72(103)65(38-54-22-15-13-16-23-54)93-78(108)48-116-47-68(69(100)33-34-77(89)107)97-82(112)59(37-56-29-31-60(99)32-30-56)42-73(104)66(39-55-24-17-14-18-25-55)95-84(114)62(51(7)8)44-74(105)64(27-21-35-92-86(90)91)94-85(115)67(46-79(109)110)96-81(111)57(40-70(63)101)26-19-20-28-76(87)88/h13-18,22-25,29-32,49-53,57-59,61-68,80,99H,11-12,19-21,26-28,33-48H2,1-10H3,(H3,87,88)(H2,89,107)(H,93,108)(H,94,115)(H,95,114)(H,96,111)(H,97,112)(H,98,113)(H,109,110)(H4,90,91,92)/t52-,53-,57+,58+,59+,61-,62-,63-,64-,65-,66-,67-,68-,80-/m0/s1. The average Bonchev–Trinajstić information content (AvgIpc) is 0.834. The fraction of sp³-hybridized carbons (Fsp3) is 0.593. The second kappa shape index (κ2) is 50.5. The van der Waals surface area contributed by atoms with Crippen molar-refractivity contribution in [1.82, 2.24) is 31.9 Å². The van der Waals surface area contributed by atoms with E-state index in [9.17, 15) is 63.0 Å². The molecule has 29 nitrogen and oxygen atoms in total. The molecule has 0 spiro atoms. The molecule has 0 radical (unpaired) electrons. The van der Waals surface area contributed by atoms with E-state index < -0.39 is 222 Å². The summed E-state index contributed by atoms with van der Waals surface area (Å²) >= 11 is 0.911. The first-order valence-corrected chi connectivity index (χ1v) is 41.8. The number of nitrogens with zero attached hydrogens (tertiary/aromatic N) is 1. The van der Waals surface area contributed by atoms with E-state index in [4.69, 9.17) is 28.3 Å². The van der Waals surface area contributed by atoms with Gasteiger partial charge in [-0.25, -0.2) is 0 Å². The molecule has 0 saturated carbocycles. The third kappa shape index (κ3) is 35.2. The van der Waals surface area contributed by atoms with Crippen LogP contribution in [0.1, 0.15) is 202 Å². The van der Waals surface area contributed by atoms with Gasteiger partial charge in [0.25, 0.3) is 0 Å². The van der Waals surface area contributed by atoms with Crippen molar-refractivity contribution in [3.05, 3.63) is 102 Å². The lowest BCUT2D eigenvalue weighted by Crippen LogP contribution is -2.54. The highest BCUT2D eigenvalue weighted by atomic mass is 32.2. The molecule has 1 fully saturated rings. The number of aliphatic imine (C=N–C) groups is 1. The van der Waals surface area contributed by atoms with E-state index in [1.54, 1.807) is 102 Å². The molecule has 1 aliphatic heterocycles. The van der Waals surface area contributed by atoms with Gasteiger partial charge in [0.05, 0.1) is 48.2 Å². The van der Waals surface area contributed by atoms with Crippen LogP contribution in [0.4, 0.5) is 0 Å². The minimum Gasteiger partial charge on any atom is -0.508 e. The monoisotopic (exact) mass is 1630 g/mol. The number of benzene rings is 3. The number of guanidine groups is 1. The van der Waals surface area contributed by atoms with Crippen LogP contribution in [0.2, 0.25) is 0 Å². The lowest BCUT2D eigenvalue weighted by atomic mass is 9.75. The van der Waals surface area contributed by atoms with E-state index in [-0.39, 0.29) is 119 Å². The maximum atomic E-state index is 15.2. The summed E-state index contributed by atoms with van der Waals surface area (Å²) in [5.74, 6) is -21.6. The van der Waals surface area contributed by atoms with Crippen LogP contribution >= 0.6 is 11.8 Å².